The van der Waals surface area contributed by atoms with E-state index < -0.39 is 0 Å². The molecule has 44 heavy (non-hydrogen) atoms. The van der Waals surface area contributed by atoms with Crippen molar-refractivity contribution in [3.63, 3.8) is 0 Å². The monoisotopic (exact) mass is 784 g/mol. The van der Waals surface area contributed by atoms with Crippen LogP contribution < -0.4 is 4.57 Å². The van der Waals surface area contributed by atoms with Crippen LogP contribution >= 0.6 is 0 Å². The molecule has 2 radical (unpaired) electrons. The molecular formula is C37H56AuBN2O3. The van der Waals surface area contributed by atoms with Crippen molar-refractivity contribution in [3.05, 3.63) is 77.4 Å². The van der Waals surface area contributed by atoms with Crippen molar-refractivity contribution < 1.29 is 41.0 Å². The quantitative estimate of drug-likeness (QED) is 0.142. The molecule has 5 rings (SSSR count). The van der Waals surface area contributed by atoms with Crippen LogP contribution in [0.2, 0.25) is 0 Å². The van der Waals surface area contributed by atoms with Crippen LogP contribution in [0.1, 0.15) is 142 Å². The van der Waals surface area contributed by atoms with Crippen molar-refractivity contribution in [3.8, 4) is 11.4 Å². The maximum atomic E-state index is 5.21. The summed E-state index contributed by atoms with van der Waals surface area (Å²) in [7, 11) is 1.42. The van der Waals surface area contributed by atoms with E-state index in [0.717, 1.165) is 13.2 Å². The van der Waals surface area contributed by atoms with Crippen molar-refractivity contribution in [1.82, 2.24) is 4.57 Å². The second kappa shape index (κ2) is 16.8. The first-order chi connectivity index (χ1) is 20.2. The van der Waals surface area contributed by atoms with Crippen molar-refractivity contribution >= 4 is 7.69 Å². The number of hydrogen-bond acceptors (Lipinski definition) is 3. The van der Waals surface area contributed by atoms with Gasteiger partial charge in [0.2, 0.25) is 0 Å². The Balaban J connectivity index is 0.000000368. The second-order valence-electron chi connectivity index (χ2n) is 14.0. The average Bonchev–Trinajstić information content (AvgIpc) is 3.71. The van der Waals surface area contributed by atoms with Crippen LogP contribution in [0.15, 0.2) is 48.8 Å². The predicted molar refractivity (Wildman–Crippen MR) is 179 cm³/mol. The number of benzene rings is 2. The van der Waals surface area contributed by atoms with Crippen LogP contribution in [-0.4, -0.2) is 36.7 Å². The van der Waals surface area contributed by atoms with E-state index in [9.17, 15) is 0 Å². The van der Waals surface area contributed by atoms with Gasteiger partial charge in [0.25, 0.3) is 6.33 Å². The fraction of sp³-hybridized carbons (Fsp3) is 0.595. The van der Waals surface area contributed by atoms with Gasteiger partial charge in [0, 0.05) is 36.8 Å². The Morgan fingerprint density at radius 3 is 1.43 bits per heavy atom. The van der Waals surface area contributed by atoms with Crippen LogP contribution in [0.4, 0.5) is 0 Å². The van der Waals surface area contributed by atoms with Gasteiger partial charge in [-0.2, -0.15) is 0 Å². The van der Waals surface area contributed by atoms with Crippen LogP contribution in [0.5, 0.6) is 0 Å². The molecule has 3 aromatic rings. The summed E-state index contributed by atoms with van der Waals surface area (Å²) in [5.74, 6) is 1.84. The van der Waals surface area contributed by atoms with E-state index >= 15 is 0 Å². The van der Waals surface area contributed by atoms with E-state index in [4.69, 9.17) is 14.0 Å². The molecule has 2 aliphatic rings. The van der Waals surface area contributed by atoms with Gasteiger partial charge in [-0.25, -0.2) is 0 Å². The van der Waals surface area contributed by atoms with Gasteiger partial charge in [-0.05, 0) is 94.1 Å². The van der Waals surface area contributed by atoms with E-state index in [1.807, 2.05) is 27.7 Å². The number of para-hydroxylation sites is 2. The van der Waals surface area contributed by atoms with Gasteiger partial charge in [0.1, 0.15) is 0 Å². The summed E-state index contributed by atoms with van der Waals surface area (Å²) in [6.45, 7) is 28.2. The fourth-order valence-electron chi connectivity index (χ4n) is 5.20. The van der Waals surface area contributed by atoms with E-state index in [2.05, 4.69) is 120 Å². The molecule has 2 saturated heterocycles. The first-order valence-electron chi connectivity index (χ1n) is 16.2. The summed E-state index contributed by atoms with van der Waals surface area (Å²) in [4.78, 5) is 0. The molecule has 0 bridgehead atoms. The van der Waals surface area contributed by atoms with Crippen LogP contribution in [0.25, 0.3) is 11.4 Å². The Morgan fingerprint density at radius 2 is 1.11 bits per heavy atom. The number of rotatable bonds is 6. The molecule has 0 unspecified atom stereocenters. The molecule has 0 N–H and O–H groups in total. The molecule has 1 aromatic heterocycles. The predicted octanol–water partition coefficient (Wildman–Crippen LogP) is 8.97. The summed E-state index contributed by atoms with van der Waals surface area (Å²) < 4.78 is 19.8. The summed E-state index contributed by atoms with van der Waals surface area (Å²) in [6, 6.07) is 13.4. The van der Waals surface area contributed by atoms with Crippen LogP contribution in [0.3, 0.4) is 0 Å². The Kier molecular flexibility index (Phi) is 14.7. The van der Waals surface area contributed by atoms with Gasteiger partial charge < -0.3 is 14.0 Å². The first-order valence-corrected chi connectivity index (χ1v) is 16.2. The van der Waals surface area contributed by atoms with Crippen LogP contribution in [-0.2, 0) is 36.4 Å². The number of ether oxygens (including phenoxy) is 1. The van der Waals surface area contributed by atoms with Gasteiger partial charge in [0.15, 0.2) is 0 Å². The first kappa shape index (κ1) is 38.5. The van der Waals surface area contributed by atoms with Crippen molar-refractivity contribution in [1.29, 1.82) is 0 Å². The SMILES string of the molecule is C1CCOC1.CC(C)c1cccc(C(C)C)c1-n1[c-][n+](-c2c(C(C)C)cccc2C(C)C)cc1.CC1(C)O[B-]OC1(C)C.[Au+]. The Bertz CT molecular complexity index is 1160. The van der Waals surface area contributed by atoms with Gasteiger partial charge in [-0.15, -0.1) is 0 Å². The Labute approximate surface area is 284 Å². The summed E-state index contributed by atoms with van der Waals surface area (Å²) in [5, 5.41) is 0. The van der Waals surface area contributed by atoms with E-state index in [1.165, 1.54) is 54.2 Å². The van der Waals surface area contributed by atoms with Crippen LogP contribution in [0, 0.1) is 6.33 Å². The molecule has 5 nitrogen and oxygen atoms in total. The minimum absolute atomic E-state index is 0. The Hall–Kier alpha value is -1.66. The molecule has 2 aliphatic heterocycles. The zero-order chi connectivity index (χ0) is 31.9. The van der Waals surface area contributed by atoms with Gasteiger partial charge in [-0.1, -0.05) is 91.8 Å². The summed E-state index contributed by atoms with van der Waals surface area (Å²) >= 11 is 0. The summed E-state index contributed by atoms with van der Waals surface area (Å²) in [6.07, 6.45) is 10.5. The molecular weight excluding hydrogens is 728 g/mol. The number of nitrogens with zero attached hydrogens (tertiary/aromatic N) is 2. The van der Waals surface area contributed by atoms with Gasteiger partial charge in [-0.3, -0.25) is 9.13 Å². The van der Waals surface area contributed by atoms with Crippen molar-refractivity contribution in [2.45, 2.75) is 131 Å². The largest absolute Gasteiger partial charge is 1.00 e. The van der Waals surface area contributed by atoms with E-state index in [1.54, 1.807) is 0 Å². The number of hydrogen-bond donors (Lipinski definition) is 0. The number of imidazole rings is 1. The van der Waals surface area contributed by atoms with Crippen molar-refractivity contribution in [2.75, 3.05) is 13.2 Å². The molecule has 0 saturated carbocycles. The van der Waals surface area contributed by atoms with Crippen molar-refractivity contribution in [2.24, 2.45) is 0 Å². The third kappa shape index (κ3) is 9.43. The molecule has 246 valence electrons. The maximum absolute atomic E-state index is 5.21. The number of aromatic nitrogens is 2. The molecule has 3 heterocycles. The molecule has 2 aromatic carbocycles. The molecule has 2 fully saturated rings. The molecule has 0 aliphatic carbocycles. The third-order valence-electron chi connectivity index (χ3n) is 8.71. The molecule has 0 amide bonds. The molecule has 7 heteroatoms. The van der Waals surface area contributed by atoms with Gasteiger partial charge in [0.05, 0.1) is 11.4 Å². The third-order valence-corrected chi connectivity index (χ3v) is 8.71. The normalized spacial score (nSPS) is 16.9. The van der Waals surface area contributed by atoms with E-state index in [0.29, 0.717) is 23.7 Å². The minimum Gasteiger partial charge on any atom is -0.620 e. The topological polar surface area (TPSA) is 36.5 Å². The zero-order valence-corrected chi connectivity index (χ0v) is 31.4. The molecule has 0 spiro atoms. The second-order valence-corrected chi connectivity index (χ2v) is 14.0. The van der Waals surface area contributed by atoms with Gasteiger partial charge >= 0.3 is 22.4 Å². The molecule has 0 atom stereocenters. The maximum Gasteiger partial charge on any atom is 1.00 e. The zero-order valence-electron chi connectivity index (χ0n) is 29.3. The average molecular weight is 785 g/mol. The van der Waals surface area contributed by atoms with E-state index in [-0.39, 0.29) is 33.6 Å². The smallest absolute Gasteiger partial charge is 0.620 e. The standard InChI is InChI=1S/C27H36N2.C6H12BO2.C4H8O.Au/c1-18(2)22-11-9-12-23(19(3)4)26(22)28-15-16-29(17-28)27-24(20(5)6)13-10-14-25(27)21(7)8;1-5(2)6(3,4)9-7-8-5;1-2-4-5-3-1;/h9-16,18-21H,1-8H3;1-4H3;1-4H2;/q;-1;;+1. The minimum atomic E-state index is -0.188. The Morgan fingerprint density at radius 1 is 0.705 bits per heavy atom. The summed E-state index contributed by atoms with van der Waals surface area (Å²) in [5.41, 5.74) is 7.68. The fourth-order valence-corrected chi connectivity index (χ4v) is 5.20.